The largest absolute Gasteiger partial charge is 0.454 e. The minimum Gasteiger partial charge on any atom is -0.454 e. The van der Waals surface area contributed by atoms with Gasteiger partial charge in [0.15, 0.2) is 17.1 Å². The molecular formula is C24H16FN5O4. The lowest BCUT2D eigenvalue weighted by atomic mass is 10.1. The number of hydrogen-bond donors (Lipinski definition) is 2. The van der Waals surface area contributed by atoms with Crippen molar-refractivity contribution in [3.05, 3.63) is 88.0 Å². The van der Waals surface area contributed by atoms with Crippen LogP contribution in [0.1, 0.15) is 15.9 Å². The van der Waals surface area contributed by atoms with Crippen LogP contribution in [0.3, 0.4) is 0 Å². The van der Waals surface area contributed by atoms with Gasteiger partial charge in [0.1, 0.15) is 11.5 Å². The first-order valence-corrected chi connectivity index (χ1v) is 10.4. The molecule has 0 atom stereocenters. The van der Waals surface area contributed by atoms with E-state index in [4.69, 9.17) is 9.47 Å². The van der Waals surface area contributed by atoms with Gasteiger partial charge in [-0.25, -0.2) is 14.1 Å². The fourth-order valence-electron chi connectivity index (χ4n) is 3.93. The molecule has 1 aliphatic heterocycles. The fourth-order valence-corrected chi connectivity index (χ4v) is 3.93. The van der Waals surface area contributed by atoms with Gasteiger partial charge in [-0.05, 0) is 48.0 Å². The summed E-state index contributed by atoms with van der Waals surface area (Å²) in [7, 11) is 0. The Labute approximate surface area is 190 Å². The van der Waals surface area contributed by atoms with Crippen molar-refractivity contribution < 1.29 is 18.7 Å². The third kappa shape index (κ3) is 3.32. The molecule has 3 aromatic carbocycles. The number of hydrogen-bond acceptors (Lipinski definition) is 6. The Morgan fingerprint density at radius 2 is 1.97 bits per heavy atom. The van der Waals surface area contributed by atoms with Crippen molar-refractivity contribution in [3.63, 3.8) is 0 Å². The summed E-state index contributed by atoms with van der Waals surface area (Å²) in [6.07, 6.45) is 0. The fraction of sp³-hybridized carbons (Fsp3) is 0.0833. The van der Waals surface area contributed by atoms with Crippen LogP contribution >= 0.6 is 0 Å². The molecule has 0 fully saturated rings. The van der Waals surface area contributed by atoms with E-state index in [0.717, 1.165) is 5.56 Å². The van der Waals surface area contributed by atoms with E-state index < -0.39 is 11.4 Å². The SMILES string of the molecule is O=C(NCc1ccc2c(c1)OCO2)c1ccc2c(=O)nc3c(-c4cccc(F)c4)n[nH]n3c2c1. The van der Waals surface area contributed by atoms with Crippen LogP contribution in [0.15, 0.2) is 65.5 Å². The van der Waals surface area contributed by atoms with Crippen LogP contribution in [0.5, 0.6) is 11.5 Å². The van der Waals surface area contributed by atoms with Crippen LogP contribution in [0.4, 0.5) is 4.39 Å². The minimum absolute atomic E-state index is 0.180. The standard InChI is InChI=1S/C24H16FN5O4/c25-16-3-1-2-14(9-16)21-22-27-24(32)17-6-5-15(10-18(17)30(22)29-28-21)23(31)26-11-13-4-7-19-20(8-13)34-12-33-19/h1-10,29H,11-12H2,(H,26,31). The van der Waals surface area contributed by atoms with Crippen LogP contribution in [-0.2, 0) is 6.54 Å². The molecule has 168 valence electrons. The lowest BCUT2D eigenvalue weighted by Crippen LogP contribution is -2.23. The van der Waals surface area contributed by atoms with Crippen molar-refractivity contribution in [1.82, 2.24) is 25.1 Å². The zero-order valence-corrected chi connectivity index (χ0v) is 17.5. The van der Waals surface area contributed by atoms with E-state index >= 15 is 0 Å². The Hall–Kier alpha value is -4.73. The van der Waals surface area contributed by atoms with Crippen LogP contribution < -0.4 is 20.3 Å². The molecule has 0 unspecified atom stereocenters. The molecular weight excluding hydrogens is 441 g/mol. The van der Waals surface area contributed by atoms with E-state index in [9.17, 15) is 14.0 Å². The average molecular weight is 457 g/mol. The van der Waals surface area contributed by atoms with Crippen molar-refractivity contribution in [2.24, 2.45) is 0 Å². The number of carbonyl (C=O) groups is 1. The van der Waals surface area contributed by atoms with Crippen molar-refractivity contribution in [1.29, 1.82) is 0 Å². The van der Waals surface area contributed by atoms with Gasteiger partial charge < -0.3 is 14.8 Å². The molecule has 0 spiro atoms. The number of ether oxygens (including phenoxy) is 2. The topological polar surface area (TPSA) is 111 Å². The molecule has 5 aromatic rings. The second kappa shape index (κ2) is 7.69. The minimum atomic E-state index is -0.471. The summed E-state index contributed by atoms with van der Waals surface area (Å²) in [5.41, 5.74) is 2.21. The number of halogens is 1. The molecule has 0 radical (unpaired) electrons. The highest BCUT2D eigenvalue weighted by Crippen LogP contribution is 2.32. The van der Waals surface area contributed by atoms with Gasteiger partial charge in [0, 0.05) is 17.7 Å². The van der Waals surface area contributed by atoms with Crippen molar-refractivity contribution >= 4 is 22.5 Å². The molecule has 2 aromatic heterocycles. The second-order valence-electron chi connectivity index (χ2n) is 7.75. The number of benzene rings is 3. The molecule has 34 heavy (non-hydrogen) atoms. The molecule has 0 bridgehead atoms. The van der Waals surface area contributed by atoms with E-state index in [2.05, 4.69) is 20.6 Å². The molecule has 1 aliphatic rings. The Morgan fingerprint density at radius 1 is 1.09 bits per heavy atom. The molecule has 9 nitrogen and oxygen atoms in total. The number of amides is 1. The predicted molar refractivity (Wildman–Crippen MR) is 120 cm³/mol. The van der Waals surface area contributed by atoms with E-state index in [1.165, 1.54) is 16.6 Å². The zero-order chi connectivity index (χ0) is 23.2. The summed E-state index contributed by atoms with van der Waals surface area (Å²) < 4.78 is 25.9. The molecule has 3 heterocycles. The van der Waals surface area contributed by atoms with Crippen molar-refractivity contribution in [2.75, 3.05) is 6.79 Å². The molecule has 0 saturated heterocycles. The summed E-state index contributed by atoms with van der Waals surface area (Å²) in [6, 6.07) is 16.0. The van der Waals surface area contributed by atoms with Gasteiger partial charge in [-0.1, -0.05) is 18.2 Å². The van der Waals surface area contributed by atoms with E-state index in [1.807, 2.05) is 12.1 Å². The van der Waals surface area contributed by atoms with Crippen LogP contribution in [0, 0.1) is 5.82 Å². The highest BCUT2D eigenvalue weighted by molar-refractivity contribution is 5.98. The van der Waals surface area contributed by atoms with Gasteiger partial charge in [-0.3, -0.25) is 9.59 Å². The predicted octanol–water partition coefficient (Wildman–Crippen LogP) is 3.04. The Kier molecular flexibility index (Phi) is 4.51. The third-order valence-electron chi connectivity index (χ3n) is 5.61. The van der Waals surface area contributed by atoms with Gasteiger partial charge in [-0.2, -0.15) is 10.1 Å². The smallest absolute Gasteiger partial charge is 0.281 e. The summed E-state index contributed by atoms with van der Waals surface area (Å²) in [5.74, 6) is 0.565. The van der Waals surface area contributed by atoms with Gasteiger partial charge in [0.2, 0.25) is 6.79 Å². The Balaban J connectivity index is 1.34. The van der Waals surface area contributed by atoms with E-state index in [-0.39, 0.29) is 24.9 Å². The normalized spacial score (nSPS) is 12.4. The summed E-state index contributed by atoms with van der Waals surface area (Å²) in [5, 5.41) is 10.2. The first-order valence-electron chi connectivity index (χ1n) is 10.4. The second-order valence-corrected chi connectivity index (χ2v) is 7.75. The molecule has 6 rings (SSSR count). The highest BCUT2D eigenvalue weighted by atomic mass is 19.1. The Bertz CT molecular complexity index is 1660. The molecule has 2 N–H and O–H groups in total. The maximum Gasteiger partial charge on any atom is 0.281 e. The maximum atomic E-state index is 13.7. The van der Waals surface area contributed by atoms with Crippen LogP contribution in [0.25, 0.3) is 27.8 Å². The number of H-pyrrole nitrogens is 1. The lowest BCUT2D eigenvalue weighted by Gasteiger charge is -2.08. The summed E-state index contributed by atoms with van der Waals surface area (Å²) in [4.78, 5) is 29.6. The van der Waals surface area contributed by atoms with Crippen LogP contribution in [0.2, 0.25) is 0 Å². The van der Waals surface area contributed by atoms with Gasteiger partial charge in [0.25, 0.3) is 11.5 Å². The van der Waals surface area contributed by atoms with Gasteiger partial charge in [-0.15, -0.1) is 0 Å². The molecule has 10 heteroatoms. The number of aromatic amines is 1. The van der Waals surface area contributed by atoms with Crippen molar-refractivity contribution in [3.8, 4) is 22.8 Å². The van der Waals surface area contributed by atoms with Crippen molar-refractivity contribution in [2.45, 2.75) is 6.54 Å². The third-order valence-corrected chi connectivity index (χ3v) is 5.61. The number of nitrogens with one attached hydrogen (secondary N) is 2. The summed E-state index contributed by atoms with van der Waals surface area (Å²) >= 11 is 0. The number of rotatable bonds is 4. The summed E-state index contributed by atoms with van der Waals surface area (Å²) in [6.45, 7) is 0.465. The van der Waals surface area contributed by atoms with Gasteiger partial charge in [0.05, 0.1) is 10.9 Å². The molecule has 1 amide bonds. The number of fused-ring (bicyclic) bond motifs is 4. The highest BCUT2D eigenvalue weighted by Gasteiger charge is 2.17. The number of carbonyl (C=O) groups excluding carboxylic acids is 1. The average Bonchev–Trinajstić information content (AvgIpc) is 3.49. The first kappa shape index (κ1) is 19.9. The molecule has 0 aliphatic carbocycles. The number of aromatic nitrogens is 4. The van der Waals surface area contributed by atoms with Crippen LogP contribution in [-0.4, -0.2) is 32.5 Å². The quantitative estimate of drug-likeness (QED) is 0.429. The zero-order valence-electron chi connectivity index (χ0n) is 17.5. The monoisotopic (exact) mass is 457 g/mol. The van der Waals surface area contributed by atoms with Gasteiger partial charge >= 0.3 is 0 Å². The first-order chi connectivity index (χ1) is 16.6. The molecule has 0 saturated carbocycles. The lowest BCUT2D eigenvalue weighted by molar-refractivity contribution is 0.0951. The maximum absolute atomic E-state index is 13.7. The van der Waals surface area contributed by atoms with E-state index in [1.54, 1.807) is 36.4 Å². The number of nitrogens with zero attached hydrogens (tertiary/aromatic N) is 3. The van der Waals surface area contributed by atoms with E-state index in [0.29, 0.717) is 39.2 Å². The Morgan fingerprint density at radius 3 is 2.85 bits per heavy atom.